The van der Waals surface area contributed by atoms with Crippen molar-refractivity contribution in [3.05, 3.63) is 72.8 Å². The first-order valence-electron chi connectivity index (χ1n) is 18.3. The number of phosphoric ester groups is 1. The summed E-state index contributed by atoms with van der Waals surface area (Å²) in [6, 6.07) is 6.30. The van der Waals surface area contributed by atoms with E-state index in [1.165, 1.54) is 16.8 Å². The van der Waals surface area contributed by atoms with Crippen molar-refractivity contribution in [3.8, 4) is 17.6 Å². The Hall–Kier alpha value is -5.23. The summed E-state index contributed by atoms with van der Waals surface area (Å²) in [7, 11) is -17.0. The number of ketones is 1. The molecule has 2 aromatic heterocycles. The maximum atomic E-state index is 13.0. The van der Waals surface area contributed by atoms with E-state index in [0.29, 0.717) is 17.9 Å². The van der Waals surface area contributed by atoms with Crippen LogP contribution in [0.2, 0.25) is 0 Å². The summed E-state index contributed by atoms with van der Waals surface area (Å²) in [4.78, 5) is 86.5. The monoisotopic (exact) mass is 962 g/mol. The van der Waals surface area contributed by atoms with Crippen molar-refractivity contribution in [1.82, 2.24) is 19.9 Å². The number of carbonyl (C=O) groups excluding carboxylic acids is 2. The molecule has 0 radical (unpaired) electrons. The van der Waals surface area contributed by atoms with E-state index in [1.807, 2.05) is 0 Å². The summed E-state index contributed by atoms with van der Waals surface area (Å²) in [5.74, 6) is 4.96. The van der Waals surface area contributed by atoms with Gasteiger partial charge in [0.15, 0.2) is 17.7 Å². The summed E-state index contributed by atoms with van der Waals surface area (Å²) in [6.45, 7) is -1.52. The van der Waals surface area contributed by atoms with Crippen molar-refractivity contribution >= 4 is 52.1 Å². The second-order valence-corrected chi connectivity index (χ2v) is 17.1. The normalized spacial score (nSPS) is 18.4. The van der Waals surface area contributed by atoms with E-state index in [2.05, 4.69) is 55.8 Å². The minimum absolute atomic E-state index is 0.0236. The van der Waals surface area contributed by atoms with Gasteiger partial charge in [0.05, 0.1) is 36.9 Å². The second-order valence-electron chi connectivity index (χ2n) is 12.7. The highest BCUT2D eigenvalue weighted by atomic mass is 31.3. The van der Waals surface area contributed by atoms with Crippen molar-refractivity contribution in [2.24, 2.45) is 16.0 Å². The van der Waals surface area contributed by atoms with Gasteiger partial charge in [-0.15, -0.1) is 0 Å². The van der Waals surface area contributed by atoms with Gasteiger partial charge in [-0.1, -0.05) is 28.1 Å². The fourth-order valence-electron chi connectivity index (χ4n) is 5.53. The van der Waals surface area contributed by atoms with Crippen LogP contribution in [0.3, 0.4) is 0 Å². The molecule has 64 heavy (non-hydrogen) atoms. The van der Waals surface area contributed by atoms with Crippen molar-refractivity contribution in [2.45, 2.75) is 43.9 Å². The molecule has 1 aromatic carbocycles. The maximum absolute atomic E-state index is 13.0. The lowest BCUT2D eigenvalue weighted by molar-refractivity contribution is -0.124. The Balaban J connectivity index is 1.33. The van der Waals surface area contributed by atoms with Crippen LogP contribution in [0.15, 0.2) is 45.5 Å². The minimum atomic E-state index is -5.83. The van der Waals surface area contributed by atoms with Crippen molar-refractivity contribution in [1.29, 1.82) is 0 Å². The lowest BCUT2D eigenvalue weighted by Crippen LogP contribution is -2.29. The smallest absolute Gasteiger partial charge is 0.490 e. The Bertz CT molecular complexity index is 2500. The van der Waals surface area contributed by atoms with Crippen molar-refractivity contribution in [2.75, 3.05) is 58.6 Å². The Morgan fingerprint density at radius 1 is 1.14 bits per heavy atom. The number of azide groups is 2. The van der Waals surface area contributed by atoms with E-state index < -0.39 is 67.0 Å². The molecule has 4 rings (SSSR count). The second kappa shape index (κ2) is 24.2. The molecule has 0 spiro atoms. The lowest BCUT2D eigenvalue weighted by Gasteiger charge is -2.21. The Labute approximate surface area is 360 Å². The third-order valence-electron chi connectivity index (χ3n) is 8.07. The predicted octanol–water partition coefficient (Wildman–Crippen LogP) is 1.73. The van der Waals surface area contributed by atoms with E-state index in [-0.39, 0.29) is 86.5 Å². The molecule has 6 unspecified atom stereocenters. The Morgan fingerprint density at radius 2 is 1.92 bits per heavy atom. The van der Waals surface area contributed by atoms with Gasteiger partial charge in [-0.05, 0) is 29.3 Å². The first-order valence-corrected chi connectivity index (χ1v) is 22.8. The fourth-order valence-corrected chi connectivity index (χ4v) is 8.55. The molecule has 3 heterocycles. The number of aromatic amines is 1. The van der Waals surface area contributed by atoms with Gasteiger partial charge in [-0.2, -0.15) is 13.6 Å². The molecule has 10 N–H and O–H groups in total. The molecular formula is C31H41N12O18P3. The minimum Gasteiger partial charge on any atom is -0.491 e. The largest absolute Gasteiger partial charge is 0.491 e. The number of ether oxygens (including phenoxy) is 5. The number of amides is 1. The third kappa shape index (κ3) is 16.7. The molecule has 30 nitrogen and oxygen atoms in total. The van der Waals surface area contributed by atoms with E-state index >= 15 is 0 Å². The third-order valence-corrected chi connectivity index (χ3v) is 11.9. The first-order chi connectivity index (χ1) is 30.3. The SMILES string of the molecule is [N-]=[N+]=NCOC1CC(n2cc(C#CCCC(=O)COCCOC(COc3cccc(C(=O)NCCN)c3)N=[N+]=[N-])c3c(=O)[nH]c(N)nc32)OC1COP(=O)(O)OP(=O)(O)OP(=O)(O)O. The van der Waals surface area contributed by atoms with E-state index in [9.17, 15) is 37.9 Å². The number of aromatic nitrogens is 3. The molecule has 348 valence electrons. The van der Waals surface area contributed by atoms with Gasteiger partial charge in [-0.25, -0.2) is 13.7 Å². The van der Waals surface area contributed by atoms with Crippen LogP contribution in [0.25, 0.3) is 31.9 Å². The van der Waals surface area contributed by atoms with Gasteiger partial charge in [0.25, 0.3) is 11.5 Å². The zero-order chi connectivity index (χ0) is 46.9. The van der Waals surface area contributed by atoms with Crippen LogP contribution in [0, 0.1) is 11.8 Å². The molecule has 1 amide bonds. The number of Topliss-reactive ketones (excluding diaryl/α,β-unsaturated/α-hetero) is 1. The average Bonchev–Trinajstić information content (AvgIpc) is 3.79. The molecule has 3 aromatic rings. The van der Waals surface area contributed by atoms with Gasteiger partial charge in [0, 0.05) is 53.9 Å². The molecule has 1 fully saturated rings. The van der Waals surface area contributed by atoms with Crippen LogP contribution in [0.1, 0.15) is 41.4 Å². The Morgan fingerprint density at radius 3 is 2.64 bits per heavy atom. The van der Waals surface area contributed by atoms with Crippen molar-refractivity contribution in [3.63, 3.8) is 0 Å². The van der Waals surface area contributed by atoms with E-state index in [4.69, 9.17) is 60.5 Å². The van der Waals surface area contributed by atoms with Crippen LogP contribution in [-0.4, -0.2) is 117 Å². The van der Waals surface area contributed by atoms with Crippen molar-refractivity contribution < 1.29 is 79.7 Å². The highest BCUT2D eigenvalue weighted by Gasteiger charge is 2.44. The molecule has 0 bridgehead atoms. The molecule has 1 aliphatic rings. The maximum Gasteiger partial charge on any atom is 0.490 e. The molecule has 0 aliphatic carbocycles. The van der Waals surface area contributed by atoms with E-state index in [0.717, 1.165) is 0 Å². The van der Waals surface area contributed by atoms with Crippen LogP contribution in [0.4, 0.5) is 5.95 Å². The van der Waals surface area contributed by atoms with Gasteiger partial charge >= 0.3 is 23.5 Å². The number of carbonyl (C=O) groups is 2. The van der Waals surface area contributed by atoms with Crippen LogP contribution < -0.4 is 27.1 Å². The van der Waals surface area contributed by atoms with Gasteiger partial charge < -0.3 is 64.6 Å². The summed E-state index contributed by atoms with van der Waals surface area (Å²) in [5, 5.41) is 9.39. The molecule has 33 heteroatoms. The standard InChI is InChI=1S/C31H41N12O18P3/c32-8-9-36-29(45)19-5-3-7-22(12-19)56-17-25(40-42-35)55-11-10-54-15-21(44)6-2-1-4-20-14-43(28-27(20)30(46)39-31(33)38-28)26-13-23(57-18-37-41-34)24(59-26)16-58-63(50,51)61-64(52,53)60-62(47,48)49/h3,5,7,12,14,23-26H,2,6,8-11,13,15-18,32H2,(H,36,45)(H,50,51)(H,52,53)(H2,47,48,49)(H3,33,38,39,46). The molecule has 6 atom stereocenters. The molecule has 1 saturated heterocycles. The average molecular weight is 963 g/mol. The molecular weight excluding hydrogens is 921 g/mol. The number of anilines is 1. The number of nitrogen functional groups attached to an aromatic ring is 1. The highest BCUT2D eigenvalue weighted by molar-refractivity contribution is 7.66. The Kier molecular flexibility index (Phi) is 19.4. The number of hydrogen-bond donors (Lipinski definition) is 8. The summed E-state index contributed by atoms with van der Waals surface area (Å²) in [5.41, 5.74) is 28.6. The van der Waals surface area contributed by atoms with Crippen LogP contribution in [-0.2, 0) is 50.6 Å². The van der Waals surface area contributed by atoms with Crippen LogP contribution >= 0.6 is 23.5 Å². The first kappa shape index (κ1) is 51.4. The quantitative estimate of drug-likeness (QED) is 0.0142. The van der Waals surface area contributed by atoms with Crippen LogP contribution in [0.5, 0.6) is 5.75 Å². The summed E-state index contributed by atoms with van der Waals surface area (Å²) < 4.78 is 76.5. The number of fused-ring (bicyclic) bond motifs is 1. The summed E-state index contributed by atoms with van der Waals surface area (Å²) in [6.07, 6.45) is -3.36. The number of rotatable bonds is 26. The van der Waals surface area contributed by atoms with Gasteiger partial charge in [0.1, 0.15) is 38.0 Å². The van der Waals surface area contributed by atoms with E-state index in [1.54, 1.807) is 18.2 Å². The number of nitrogens with zero attached hydrogens (tertiary/aromatic N) is 8. The lowest BCUT2D eigenvalue weighted by atomic mass is 10.2. The number of nitrogens with two attached hydrogens (primary N) is 2. The number of H-pyrrole nitrogens is 1. The van der Waals surface area contributed by atoms with Gasteiger partial charge in [0.2, 0.25) is 5.95 Å². The topological polar surface area (TPSA) is 452 Å². The molecule has 1 aliphatic heterocycles. The predicted molar refractivity (Wildman–Crippen MR) is 216 cm³/mol. The number of nitrogens with one attached hydrogen (secondary N) is 2. The molecule has 0 saturated carbocycles. The zero-order valence-electron chi connectivity index (χ0n) is 33.1. The summed E-state index contributed by atoms with van der Waals surface area (Å²) >= 11 is 0. The zero-order valence-corrected chi connectivity index (χ0v) is 35.7. The number of hydrogen-bond acceptors (Lipinski definition) is 19. The number of benzene rings is 1. The van der Waals surface area contributed by atoms with Gasteiger partial charge in [-0.3, -0.25) is 23.9 Å². The highest BCUT2D eigenvalue weighted by Crippen LogP contribution is 2.66. The fraction of sp³-hybridized carbons (Fsp3) is 0.484. The number of phosphoric acid groups is 3.